The molecule has 1 aliphatic rings. The van der Waals surface area contributed by atoms with Crippen LogP contribution in [0.4, 0.5) is 23.7 Å². The van der Waals surface area contributed by atoms with Gasteiger partial charge in [-0.3, -0.25) is 0 Å². The highest BCUT2D eigenvalue weighted by Gasteiger charge is 2.31. The Morgan fingerprint density at radius 3 is 2.62 bits per heavy atom. The standard InChI is InChI=1S/C17H14ClF3N2OS2/c18-12-3-1-2-11(10-12)15-23(8-9-25-15)16(24)22-13-4-6-14(7-5-13)26-17(19,20)21/h1-7,10,15H,8-9H2,(H,22,24). The summed E-state index contributed by atoms with van der Waals surface area (Å²) >= 11 is 7.48. The number of nitrogens with zero attached hydrogens (tertiary/aromatic N) is 1. The van der Waals surface area contributed by atoms with E-state index < -0.39 is 5.51 Å². The molecule has 0 aliphatic carbocycles. The van der Waals surface area contributed by atoms with E-state index in [1.807, 2.05) is 18.2 Å². The number of thioether (sulfide) groups is 2. The number of hydrogen-bond acceptors (Lipinski definition) is 3. The fourth-order valence-electron chi connectivity index (χ4n) is 2.55. The lowest BCUT2D eigenvalue weighted by Gasteiger charge is -2.24. The summed E-state index contributed by atoms with van der Waals surface area (Å²) in [6.07, 6.45) is 0. The van der Waals surface area contributed by atoms with Crippen molar-refractivity contribution in [3.8, 4) is 0 Å². The van der Waals surface area contributed by atoms with Gasteiger partial charge in [0.25, 0.3) is 0 Å². The summed E-state index contributed by atoms with van der Waals surface area (Å²) in [5.41, 5.74) is -2.95. The highest BCUT2D eigenvalue weighted by molar-refractivity contribution is 8.00. The summed E-state index contributed by atoms with van der Waals surface area (Å²) in [6, 6.07) is 12.6. The molecule has 0 radical (unpaired) electrons. The molecule has 0 spiro atoms. The lowest BCUT2D eigenvalue weighted by molar-refractivity contribution is -0.0328. The van der Waals surface area contributed by atoms with Crippen LogP contribution in [-0.2, 0) is 0 Å². The fraction of sp³-hybridized carbons (Fsp3) is 0.235. The highest BCUT2D eigenvalue weighted by atomic mass is 35.5. The Hall–Kier alpha value is -1.51. The number of benzene rings is 2. The number of anilines is 1. The molecule has 3 nitrogen and oxygen atoms in total. The molecule has 1 unspecified atom stereocenters. The van der Waals surface area contributed by atoms with Crippen LogP contribution in [0.5, 0.6) is 0 Å². The van der Waals surface area contributed by atoms with Gasteiger partial charge in [-0.2, -0.15) is 13.2 Å². The zero-order valence-corrected chi connectivity index (χ0v) is 15.7. The first kappa shape index (κ1) is 19.3. The zero-order chi connectivity index (χ0) is 18.7. The number of hydrogen-bond donors (Lipinski definition) is 1. The highest BCUT2D eigenvalue weighted by Crippen LogP contribution is 2.39. The van der Waals surface area contributed by atoms with Gasteiger partial charge in [-0.05, 0) is 53.7 Å². The molecule has 9 heteroatoms. The average molecular weight is 419 g/mol. The second kappa shape index (κ2) is 8.02. The Balaban J connectivity index is 1.67. The first-order valence-corrected chi connectivity index (χ1v) is 9.87. The Morgan fingerprint density at radius 2 is 1.96 bits per heavy atom. The first-order valence-electron chi connectivity index (χ1n) is 7.62. The molecular formula is C17H14ClF3N2OS2. The number of nitrogens with one attached hydrogen (secondary N) is 1. The summed E-state index contributed by atoms with van der Waals surface area (Å²) in [4.78, 5) is 14.3. The molecule has 1 saturated heterocycles. The maximum absolute atomic E-state index is 12.6. The summed E-state index contributed by atoms with van der Waals surface area (Å²) in [5.74, 6) is 0.797. The topological polar surface area (TPSA) is 32.3 Å². The van der Waals surface area contributed by atoms with Crippen LogP contribution in [0.2, 0.25) is 5.02 Å². The molecule has 1 atom stereocenters. The molecule has 1 N–H and O–H groups in total. The summed E-state index contributed by atoms with van der Waals surface area (Å²) in [6.45, 7) is 0.579. The Kier molecular flexibility index (Phi) is 5.94. The smallest absolute Gasteiger partial charge is 0.308 e. The minimum Gasteiger partial charge on any atom is -0.308 e. The third kappa shape index (κ3) is 5.02. The van der Waals surface area contributed by atoms with E-state index in [0.717, 1.165) is 11.3 Å². The van der Waals surface area contributed by atoms with Crippen LogP contribution >= 0.6 is 35.1 Å². The second-order valence-electron chi connectivity index (χ2n) is 5.47. The van der Waals surface area contributed by atoms with E-state index in [1.54, 1.807) is 22.7 Å². The van der Waals surface area contributed by atoms with Crippen molar-refractivity contribution < 1.29 is 18.0 Å². The van der Waals surface area contributed by atoms with Crippen LogP contribution in [0.3, 0.4) is 0 Å². The van der Waals surface area contributed by atoms with Gasteiger partial charge < -0.3 is 10.2 Å². The number of alkyl halides is 3. The average Bonchev–Trinajstić information content (AvgIpc) is 3.05. The minimum absolute atomic E-state index is 0.0732. The maximum Gasteiger partial charge on any atom is 0.446 e. The number of amides is 2. The van der Waals surface area contributed by atoms with Gasteiger partial charge in [0.2, 0.25) is 0 Å². The lowest BCUT2D eigenvalue weighted by atomic mass is 10.2. The predicted molar refractivity (Wildman–Crippen MR) is 101 cm³/mol. The van der Waals surface area contributed by atoms with Gasteiger partial charge >= 0.3 is 11.5 Å². The van der Waals surface area contributed by atoms with Gasteiger partial charge in [0.1, 0.15) is 5.37 Å². The molecule has 138 valence electrons. The van der Waals surface area contributed by atoms with E-state index in [0.29, 0.717) is 17.3 Å². The van der Waals surface area contributed by atoms with E-state index >= 15 is 0 Å². The van der Waals surface area contributed by atoms with Gasteiger partial charge in [-0.15, -0.1) is 11.8 Å². The molecule has 26 heavy (non-hydrogen) atoms. The van der Waals surface area contributed by atoms with Crippen molar-refractivity contribution >= 4 is 46.8 Å². The van der Waals surface area contributed by atoms with Crippen LogP contribution in [-0.4, -0.2) is 28.7 Å². The molecule has 2 aromatic rings. The molecule has 2 amide bonds. The number of carbonyl (C=O) groups excluding carboxylic acids is 1. The Labute approximate surface area is 162 Å². The van der Waals surface area contributed by atoms with Crippen LogP contribution in [0.15, 0.2) is 53.4 Å². The molecular weight excluding hydrogens is 405 g/mol. The summed E-state index contributed by atoms with van der Waals surface area (Å²) in [5, 5.41) is 3.20. The number of rotatable bonds is 3. The van der Waals surface area contributed by atoms with Crippen LogP contribution in [0, 0.1) is 0 Å². The van der Waals surface area contributed by atoms with Crippen LogP contribution in [0.1, 0.15) is 10.9 Å². The quantitative estimate of drug-likeness (QED) is 0.599. The van der Waals surface area contributed by atoms with Crippen molar-refractivity contribution in [2.45, 2.75) is 15.8 Å². The lowest BCUT2D eigenvalue weighted by Crippen LogP contribution is -2.34. The van der Waals surface area contributed by atoms with E-state index in [4.69, 9.17) is 11.6 Å². The number of urea groups is 1. The molecule has 1 fully saturated rings. The van der Waals surface area contributed by atoms with E-state index in [9.17, 15) is 18.0 Å². The summed E-state index contributed by atoms with van der Waals surface area (Å²) < 4.78 is 37.1. The normalized spacial score (nSPS) is 17.4. The monoisotopic (exact) mass is 418 g/mol. The molecule has 1 aliphatic heterocycles. The number of halogens is 4. The second-order valence-corrected chi connectivity index (χ2v) is 8.24. The van der Waals surface area contributed by atoms with E-state index in [-0.39, 0.29) is 28.1 Å². The van der Waals surface area contributed by atoms with Crippen LogP contribution < -0.4 is 5.32 Å². The molecule has 0 saturated carbocycles. The van der Waals surface area contributed by atoms with Crippen molar-refractivity contribution in [3.63, 3.8) is 0 Å². The van der Waals surface area contributed by atoms with Crippen molar-refractivity contribution in [1.29, 1.82) is 0 Å². The van der Waals surface area contributed by atoms with Gasteiger partial charge in [0.05, 0.1) is 0 Å². The molecule has 2 aromatic carbocycles. The van der Waals surface area contributed by atoms with Gasteiger partial charge in [0, 0.05) is 27.9 Å². The SMILES string of the molecule is O=C(Nc1ccc(SC(F)(F)F)cc1)N1CCSC1c1cccc(Cl)c1. The Bertz CT molecular complexity index is 786. The van der Waals surface area contributed by atoms with Gasteiger partial charge in [0.15, 0.2) is 0 Å². The zero-order valence-electron chi connectivity index (χ0n) is 13.3. The predicted octanol–water partition coefficient (Wildman–Crippen LogP) is 6.23. The largest absolute Gasteiger partial charge is 0.446 e. The van der Waals surface area contributed by atoms with Gasteiger partial charge in [-0.1, -0.05) is 23.7 Å². The number of carbonyl (C=O) groups is 1. The van der Waals surface area contributed by atoms with Crippen molar-refractivity contribution in [2.75, 3.05) is 17.6 Å². The first-order chi connectivity index (χ1) is 12.3. The molecule has 0 aromatic heterocycles. The van der Waals surface area contributed by atoms with Gasteiger partial charge in [-0.25, -0.2) is 4.79 Å². The maximum atomic E-state index is 12.6. The third-order valence-electron chi connectivity index (χ3n) is 3.62. The van der Waals surface area contributed by atoms with E-state index in [1.165, 1.54) is 24.3 Å². The van der Waals surface area contributed by atoms with Crippen molar-refractivity contribution in [2.24, 2.45) is 0 Å². The minimum atomic E-state index is -4.33. The molecule has 3 rings (SSSR count). The molecule has 1 heterocycles. The van der Waals surface area contributed by atoms with Crippen LogP contribution in [0.25, 0.3) is 0 Å². The van der Waals surface area contributed by atoms with Crippen molar-refractivity contribution in [3.05, 3.63) is 59.1 Å². The fourth-order valence-corrected chi connectivity index (χ4v) is 4.53. The molecule has 0 bridgehead atoms. The third-order valence-corrected chi connectivity index (χ3v) is 5.86. The summed E-state index contributed by atoms with van der Waals surface area (Å²) in [7, 11) is 0. The Morgan fingerprint density at radius 1 is 1.23 bits per heavy atom. The van der Waals surface area contributed by atoms with Crippen molar-refractivity contribution in [1.82, 2.24) is 4.90 Å². The van der Waals surface area contributed by atoms with E-state index in [2.05, 4.69) is 5.32 Å².